The summed E-state index contributed by atoms with van der Waals surface area (Å²) in [6, 6.07) is 10.1. The highest BCUT2D eigenvalue weighted by Crippen LogP contribution is 2.15. The molecular formula is C16H15ClN2O4S. The van der Waals surface area contributed by atoms with Gasteiger partial charge in [-0.3, -0.25) is 14.4 Å². The molecule has 2 amide bonds. The number of hydrogen-bond donors (Lipinski definition) is 2. The van der Waals surface area contributed by atoms with Gasteiger partial charge in [-0.15, -0.1) is 11.3 Å². The molecule has 1 aromatic carbocycles. The second-order valence-corrected chi connectivity index (χ2v) is 6.54. The van der Waals surface area contributed by atoms with Crippen LogP contribution >= 0.6 is 22.9 Å². The second kappa shape index (κ2) is 8.47. The van der Waals surface area contributed by atoms with Gasteiger partial charge in [-0.05, 0) is 37.3 Å². The van der Waals surface area contributed by atoms with E-state index in [1.165, 1.54) is 11.3 Å². The molecule has 0 aliphatic carbocycles. The van der Waals surface area contributed by atoms with E-state index in [0.29, 0.717) is 15.6 Å². The first-order chi connectivity index (χ1) is 11.4. The van der Waals surface area contributed by atoms with Gasteiger partial charge in [0.1, 0.15) is 6.54 Å². The normalized spacial score (nSPS) is 10.1. The Morgan fingerprint density at radius 3 is 2.67 bits per heavy atom. The van der Waals surface area contributed by atoms with Gasteiger partial charge >= 0.3 is 5.97 Å². The summed E-state index contributed by atoms with van der Waals surface area (Å²) < 4.78 is 4.80. The van der Waals surface area contributed by atoms with Crippen LogP contribution in [0.1, 0.15) is 14.5 Å². The molecule has 0 radical (unpaired) electrons. The molecule has 0 bridgehead atoms. The van der Waals surface area contributed by atoms with Gasteiger partial charge in [-0.1, -0.05) is 17.7 Å². The molecule has 8 heteroatoms. The number of rotatable bonds is 6. The summed E-state index contributed by atoms with van der Waals surface area (Å²) in [5.41, 5.74) is 0.505. The first-order valence-corrected chi connectivity index (χ1v) is 8.19. The van der Waals surface area contributed by atoms with Crippen molar-refractivity contribution < 1.29 is 19.1 Å². The molecule has 1 heterocycles. The van der Waals surface area contributed by atoms with Gasteiger partial charge in [0.15, 0.2) is 6.61 Å². The minimum Gasteiger partial charge on any atom is -0.454 e. The molecule has 0 saturated carbocycles. The first kappa shape index (κ1) is 18.0. The maximum Gasteiger partial charge on any atom is 0.325 e. The highest BCUT2D eigenvalue weighted by Gasteiger charge is 2.12. The predicted octanol–water partition coefficient (Wildman–Crippen LogP) is 2.62. The molecule has 6 nitrogen and oxygen atoms in total. The number of carbonyl (C=O) groups is 3. The third-order valence-electron chi connectivity index (χ3n) is 2.83. The van der Waals surface area contributed by atoms with Crippen LogP contribution in [0.5, 0.6) is 0 Å². The molecule has 1 aromatic heterocycles. The maximum atomic E-state index is 11.8. The van der Waals surface area contributed by atoms with Crippen LogP contribution in [0.4, 0.5) is 5.69 Å². The number of hydrogen-bond acceptors (Lipinski definition) is 5. The maximum absolute atomic E-state index is 11.8. The van der Waals surface area contributed by atoms with E-state index in [9.17, 15) is 14.4 Å². The third-order valence-corrected chi connectivity index (χ3v) is 4.06. The first-order valence-electron chi connectivity index (χ1n) is 7.00. The Bertz CT molecular complexity index is 760. The summed E-state index contributed by atoms with van der Waals surface area (Å²) in [7, 11) is 0. The Morgan fingerprint density at radius 2 is 2.00 bits per heavy atom. The van der Waals surface area contributed by atoms with Crippen molar-refractivity contribution in [3.63, 3.8) is 0 Å². The number of thiophene rings is 1. The lowest BCUT2D eigenvalue weighted by atomic mass is 10.3. The molecule has 2 N–H and O–H groups in total. The SMILES string of the molecule is Cc1ccc(C(=O)NCC(=O)OCC(=O)Nc2cccc(Cl)c2)s1. The molecule has 0 atom stereocenters. The minimum absolute atomic E-state index is 0.305. The topological polar surface area (TPSA) is 84.5 Å². The Labute approximate surface area is 147 Å². The van der Waals surface area contributed by atoms with Crippen molar-refractivity contribution in [1.29, 1.82) is 0 Å². The number of anilines is 1. The zero-order chi connectivity index (χ0) is 17.5. The lowest BCUT2D eigenvalue weighted by Crippen LogP contribution is -2.31. The molecule has 0 unspecified atom stereocenters. The summed E-state index contributed by atoms with van der Waals surface area (Å²) >= 11 is 7.13. The van der Waals surface area contributed by atoms with Gasteiger partial charge in [-0.25, -0.2) is 0 Å². The highest BCUT2D eigenvalue weighted by molar-refractivity contribution is 7.13. The molecule has 2 rings (SSSR count). The molecule has 2 aromatic rings. The fourth-order valence-electron chi connectivity index (χ4n) is 1.76. The monoisotopic (exact) mass is 366 g/mol. The van der Waals surface area contributed by atoms with Crippen molar-refractivity contribution in [2.75, 3.05) is 18.5 Å². The quantitative estimate of drug-likeness (QED) is 0.770. The fourth-order valence-corrected chi connectivity index (χ4v) is 2.73. The van der Waals surface area contributed by atoms with E-state index in [-0.39, 0.29) is 12.5 Å². The number of ether oxygens (including phenoxy) is 1. The van der Waals surface area contributed by atoms with E-state index in [1.807, 2.05) is 13.0 Å². The van der Waals surface area contributed by atoms with E-state index in [1.54, 1.807) is 30.3 Å². The summed E-state index contributed by atoms with van der Waals surface area (Å²) in [5.74, 6) is -1.54. The lowest BCUT2D eigenvalue weighted by Gasteiger charge is -2.07. The predicted molar refractivity (Wildman–Crippen MR) is 92.4 cm³/mol. The van der Waals surface area contributed by atoms with Crippen molar-refractivity contribution in [2.24, 2.45) is 0 Å². The van der Waals surface area contributed by atoms with Crippen molar-refractivity contribution >= 4 is 46.4 Å². The van der Waals surface area contributed by atoms with Crippen LogP contribution in [0.3, 0.4) is 0 Å². The van der Waals surface area contributed by atoms with Gasteiger partial charge in [0.2, 0.25) is 0 Å². The van der Waals surface area contributed by atoms with E-state index in [2.05, 4.69) is 10.6 Å². The van der Waals surface area contributed by atoms with Crippen LogP contribution in [-0.2, 0) is 14.3 Å². The zero-order valence-electron chi connectivity index (χ0n) is 12.8. The Hall–Kier alpha value is -2.38. The van der Waals surface area contributed by atoms with Crippen molar-refractivity contribution in [3.05, 3.63) is 51.2 Å². The number of esters is 1. The summed E-state index contributed by atoms with van der Waals surface area (Å²) in [6.07, 6.45) is 0. The van der Waals surface area contributed by atoms with Gasteiger partial charge in [0.05, 0.1) is 4.88 Å². The summed E-state index contributed by atoms with van der Waals surface area (Å²) in [6.45, 7) is 1.13. The standard InChI is InChI=1S/C16H15ClN2O4S/c1-10-5-6-13(24-10)16(22)18-8-15(21)23-9-14(20)19-12-4-2-3-11(17)7-12/h2-7H,8-9H2,1H3,(H,18,22)(H,19,20). The van der Waals surface area contributed by atoms with Crippen LogP contribution in [0.15, 0.2) is 36.4 Å². The largest absolute Gasteiger partial charge is 0.454 e. The summed E-state index contributed by atoms with van der Waals surface area (Å²) in [4.78, 5) is 36.5. The third kappa shape index (κ3) is 5.68. The number of nitrogens with one attached hydrogen (secondary N) is 2. The van der Waals surface area contributed by atoms with Gasteiger partial charge in [0, 0.05) is 15.6 Å². The Balaban J connectivity index is 1.71. The minimum atomic E-state index is -0.696. The smallest absolute Gasteiger partial charge is 0.325 e. The Morgan fingerprint density at radius 1 is 1.21 bits per heavy atom. The Kier molecular flexibility index (Phi) is 6.34. The van der Waals surface area contributed by atoms with Gasteiger partial charge in [0.25, 0.3) is 11.8 Å². The van der Waals surface area contributed by atoms with Crippen molar-refractivity contribution in [2.45, 2.75) is 6.92 Å². The van der Waals surface area contributed by atoms with E-state index >= 15 is 0 Å². The van der Waals surface area contributed by atoms with E-state index in [0.717, 1.165) is 4.88 Å². The molecule has 0 fully saturated rings. The number of carbonyl (C=O) groups excluding carboxylic acids is 3. The average molecular weight is 367 g/mol. The van der Waals surface area contributed by atoms with Crippen LogP contribution in [0, 0.1) is 6.92 Å². The van der Waals surface area contributed by atoms with Crippen LogP contribution in [-0.4, -0.2) is 30.9 Å². The molecule has 0 aliphatic heterocycles. The average Bonchev–Trinajstić information content (AvgIpc) is 2.97. The lowest BCUT2D eigenvalue weighted by molar-refractivity contribution is -0.146. The van der Waals surface area contributed by atoms with Crippen molar-refractivity contribution in [1.82, 2.24) is 5.32 Å². The summed E-state index contributed by atoms with van der Waals surface area (Å²) in [5, 5.41) is 5.47. The van der Waals surface area contributed by atoms with Crippen LogP contribution < -0.4 is 10.6 Å². The highest BCUT2D eigenvalue weighted by atomic mass is 35.5. The molecule has 0 spiro atoms. The second-order valence-electron chi connectivity index (χ2n) is 4.81. The molecule has 0 saturated heterocycles. The number of amides is 2. The molecular weight excluding hydrogens is 352 g/mol. The van der Waals surface area contributed by atoms with Gasteiger partial charge in [-0.2, -0.15) is 0 Å². The van der Waals surface area contributed by atoms with Crippen LogP contribution in [0.25, 0.3) is 0 Å². The molecule has 24 heavy (non-hydrogen) atoms. The van der Waals surface area contributed by atoms with Gasteiger partial charge < -0.3 is 15.4 Å². The number of aryl methyl sites for hydroxylation is 1. The molecule has 126 valence electrons. The van der Waals surface area contributed by atoms with Crippen molar-refractivity contribution in [3.8, 4) is 0 Å². The van der Waals surface area contributed by atoms with E-state index < -0.39 is 18.5 Å². The van der Waals surface area contributed by atoms with Crippen LogP contribution in [0.2, 0.25) is 5.02 Å². The van der Waals surface area contributed by atoms with E-state index in [4.69, 9.17) is 16.3 Å². The fraction of sp³-hybridized carbons (Fsp3) is 0.188. The number of halogens is 1. The molecule has 0 aliphatic rings. The number of benzene rings is 1. The zero-order valence-corrected chi connectivity index (χ0v) is 14.4.